The monoisotopic (exact) mass is 611 g/mol. The smallest absolute Gasteiger partial charge is 0.264 e. The molecule has 0 radical (unpaired) electrons. The summed E-state index contributed by atoms with van der Waals surface area (Å²) in [5.74, 6) is -0.933. The number of ether oxygens (including phenoxy) is 2. The van der Waals surface area contributed by atoms with Crippen LogP contribution in [0.15, 0.2) is 71.6 Å². The minimum atomic E-state index is -4.37. The Bertz CT molecular complexity index is 1540. The Labute approximate surface area is 252 Å². The topological polar surface area (TPSA) is 105 Å². The van der Waals surface area contributed by atoms with Gasteiger partial charge in [0.05, 0.1) is 24.8 Å². The van der Waals surface area contributed by atoms with E-state index in [1.807, 2.05) is 31.2 Å². The molecule has 1 aliphatic rings. The molecule has 9 nitrogen and oxygen atoms in total. The van der Waals surface area contributed by atoms with E-state index in [9.17, 15) is 22.4 Å². The summed E-state index contributed by atoms with van der Waals surface area (Å²) in [4.78, 5) is 28.7. The molecule has 230 valence electrons. The van der Waals surface area contributed by atoms with Crippen molar-refractivity contribution < 1.29 is 31.9 Å². The zero-order valence-corrected chi connectivity index (χ0v) is 25.7. The fourth-order valence-corrected chi connectivity index (χ4v) is 6.62. The van der Waals surface area contributed by atoms with E-state index >= 15 is 0 Å². The molecule has 2 amide bonds. The molecule has 11 heteroatoms. The number of aryl methyl sites for hydroxylation is 1. The third-order valence-corrected chi connectivity index (χ3v) is 9.58. The second-order valence-electron chi connectivity index (χ2n) is 10.6. The van der Waals surface area contributed by atoms with Crippen molar-refractivity contribution in [1.82, 2.24) is 10.2 Å². The van der Waals surface area contributed by atoms with Crippen LogP contribution in [0.2, 0.25) is 0 Å². The van der Waals surface area contributed by atoms with E-state index in [1.165, 1.54) is 49.5 Å². The SMILES string of the molecule is COc1ccc(S(=O)(=O)N(CC(=O)N(Cc2ccccc2C)[C@H](C)C(=O)NC2CCCC2)c2ccc(F)cc2)cc1OC. The number of nitrogens with zero attached hydrogens (tertiary/aromatic N) is 2. The molecule has 0 bridgehead atoms. The van der Waals surface area contributed by atoms with E-state index in [4.69, 9.17) is 9.47 Å². The molecule has 1 saturated carbocycles. The Morgan fingerprint density at radius 1 is 0.977 bits per heavy atom. The van der Waals surface area contributed by atoms with Gasteiger partial charge >= 0.3 is 0 Å². The number of halogens is 1. The Kier molecular flexibility index (Phi) is 10.3. The van der Waals surface area contributed by atoms with Crippen LogP contribution in [0.1, 0.15) is 43.7 Å². The van der Waals surface area contributed by atoms with Gasteiger partial charge in [-0.3, -0.25) is 13.9 Å². The van der Waals surface area contributed by atoms with E-state index in [0.717, 1.165) is 53.2 Å². The zero-order chi connectivity index (χ0) is 31.1. The van der Waals surface area contributed by atoms with Gasteiger partial charge in [0, 0.05) is 18.7 Å². The molecule has 4 rings (SSSR count). The predicted octanol–water partition coefficient (Wildman–Crippen LogP) is 4.82. The lowest BCUT2D eigenvalue weighted by Gasteiger charge is -2.33. The maximum atomic E-state index is 14.1. The molecule has 0 spiro atoms. The molecule has 3 aromatic rings. The summed E-state index contributed by atoms with van der Waals surface area (Å²) in [6.07, 6.45) is 3.83. The van der Waals surface area contributed by atoms with Gasteiger partial charge in [-0.05, 0) is 74.2 Å². The van der Waals surface area contributed by atoms with Crippen molar-refractivity contribution in [1.29, 1.82) is 0 Å². The van der Waals surface area contributed by atoms with Crippen molar-refractivity contribution in [2.75, 3.05) is 25.1 Å². The van der Waals surface area contributed by atoms with Crippen molar-refractivity contribution in [3.8, 4) is 11.5 Å². The van der Waals surface area contributed by atoms with Gasteiger partial charge in [0.15, 0.2) is 11.5 Å². The molecule has 0 aromatic heterocycles. The van der Waals surface area contributed by atoms with Crippen molar-refractivity contribution in [3.63, 3.8) is 0 Å². The highest BCUT2D eigenvalue weighted by molar-refractivity contribution is 7.92. The molecule has 0 saturated heterocycles. The normalized spacial score (nSPS) is 14.2. The summed E-state index contributed by atoms with van der Waals surface area (Å²) < 4.78 is 53.5. The standard InChI is InChI=1S/C32H38FN3O6S/c1-22-9-5-6-10-24(22)20-35(23(2)32(38)34-26-11-7-8-12-26)31(37)21-36(27-15-13-25(33)14-16-27)43(39,40)28-17-18-29(41-3)30(19-28)42-4/h5-6,9-10,13-19,23,26H,7-8,11-12,20-21H2,1-4H3,(H,34,38)/t23-/m1/s1. The van der Waals surface area contributed by atoms with Crippen molar-refractivity contribution in [3.05, 3.63) is 83.7 Å². The number of methoxy groups -OCH3 is 2. The molecule has 0 unspecified atom stereocenters. The van der Waals surface area contributed by atoms with E-state index in [2.05, 4.69) is 5.32 Å². The average Bonchev–Trinajstić information content (AvgIpc) is 3.52. The maximum absolute atomic E-state index is 14.1. The quantitative estimate of drug-likeness (QED) is 0.315. The first-order chi connectivity index (χ1) is 20.5. The Morgan fingerprint density at radius 2 is 1.63 bits per heavy atom. The van der Waals surface area contributed by atoms with Crippen molar-refractivity contribution >= 4 is 27.5 Å². The molecule has 1 aliphatic carbocycles. The number of rotatable bonds is 12. The second-order valence-corrected chi connectivity index (χ2v) is 12.5. The predicted molar refractivity (Wildman–Crippen MR) is 162 cm³/mol. The lowest BCUT2D eigenvalue weighted by Crippen LogP contribution is -2.52. The van der Waals surface area contributed by atoms with Gasteiger partial charge in [0.2, 0.25) is 11.8 Å². The first kappa shape index (κ1) is 31.8. The molecule has 0 aliphatic heterocycles. The fraction of sp³-hybridized carbons (Fsp3) is 0.375. The summed E-state index contributed by atoms with van der Waals surface area (Å²) in [5, 5.41) is 3.05. The van der Waals surface area contributed by atoms with Crippen LogP contribution in [0.25, 0.3) is 0 Å². The van der Waals surface area contributed by atoms with E-state index in [-0.39, 0.29) is 34.8 Å². The van der Waals surface area contributed by atoms with Crippen LogP contribution in [0.5, 0.6) is 11.5 Å². The molecule has 1 atom stereocenters. The third-order valence-electron chi connectivity index (χ3n) is 7.81. The van der Waals surface area contributed by atoms with Crippen LogP contribution in [0, 0.1) is 12.7 Å². The van der Waals surface area contributed by atoms with Gasteiger partial charge in [-0.15, -0.1) is 0 Å². The third kappa shape index (κ3) is 7.45. The molecule has 0 heterocycles. The first-order valence-electron chi connectivity index (χ1n) is 14.2. The minimum absolute atomic E-state index is 0.0477. The number of amides is 2. The largest absolute Gasteiger partial charge is 0.493 e. The summed E-state index contributed by atoms with van der Waals surface area (Å²) in [5.41, 5.74) is 1.84. The summed E-state index contributed by atoms with van der Waals surface area (Å²) >= 11 is 0. The van der Waals surface area contributed by atoms with Gasteiger partial charge in [-0.25, -0.2) is 12.8 Å². The van der Waals surface area contributed by atoms with E-state index in [0.29, 0.717) is 5.75 Å². The maximum Gasteiger partial charge on any atom is 0.264 e. The van der Waals surface area contributed by atoms with E-state index in [1.54, 1.807) is 6.92 Å². The number of carbonyl (C=O) groups is 2. The minimum Gasteiger partial charge on any atom is -0.493 e. The van der Waals surface area contributed by atoms with Gasteiger partial charge in [-0.1, -0.05) is 37.1 Å². The number of sulfonamides is 1. The number of nitrogens with one attached hydrogen (secondary N) is 1. The molecule has 43 heavy (non-hydrogen) atoms. The van der Waals surface area contributed by atoms with E-state index < -0.39 is 34.3 Å². The zero-order valence-electron chi connectivity index (χ0n) is 24.9. The molecule has 1 N–H and O–H groups in total. The lowest BCUT2D eigenvalue weighted by molar-refractivity contribution is -0.139. The highest BCUT2D eigenvalue weighted by Crippen LogP contribution is 2.32. The highest BCUT2D eigenvalue weighted by atomic mass is 32.2. The van der Waals surface area contributed by atoms with Gasteiger partial charge in [0.25, 0.3) is 10.0 Å². The fourth-order valence-electron chi connectivity index (χ4n) is 5.19. The van der Waals surface area contributed by atoms with Crippen molar-refractivity contribution in [2.24, 2.45) is 0 Å². The molecule has 1 fully saturated rings. The van der Waals surface area contributed by atoms with Crippen LogP contribution < -0.4 is 19.1 Å². The van der Waals surface area contributed by atoms with Crippen LogP contribution in [0.4, 0.5) is 10.1 Å². The van der Waals surface area contributed by atoms with Gasteiger partial charge in [0.1, 0.15) is 18.4 Å². The van der Waals surface area contributed by atoms with Crippen molar-refractivity contribution in [2.45, 2.75) is 63.1 Å². The Morgan fingerprint density at radius 3 is 2.26 bits per heavy atom. The lowest BCUT2D eigenvalue weighted by atomic mass is 10.1. The number of anilines is 1. The van der Waals surface area contributed by atoms with Crippen LogP contribution in [-0.2, 0) is 26.2 Å². The number of benzene rings is 3. The number of carbonyl (C=O) groups excluding carboxylic acids is 2. The summed E-state index contributed by atoms with van der Waals surface area (Å²) in [6, 6.07) is 15.6. The second kappa shape index (κ2) is 13.9. The molecular weight excluding hydrogens is 573 g/mol. The number of hydrogen-bond donors (Lipinski definition) is 1. The van der Waals surface area contributed by atoms with Crippen LogP contribution in [0.3, 0.4) is 0 Å². The molecule has 3 aromatic carbocycles. The highest BCUT2D eigenvalue weighted by Gasteiger charge is 2.34. The van der Waals surface area contributed by atoms with Gasteiger partial charge < -0.3 is 19.7 Å². The number of hydrogen-bond acceptors (Lipinski definition) is 6. The summed E-state index contributed by atoms with van der Waals surface area (Å²) in [7, 11) is -1.55. The van der Waals surface area contributed by atoms with Crippen LogP contribution in [-0.4, -0.2) is 58.0 Å². The first-order valence-corrected chi connectivity index (χ1v) is 15.6. The Balaban J connectivity index is 1.72. The van der Waals surface area contributed by atoms with Crippen LogP contribution >= 0.6 is 0 Å². The summed E-state index contributed by atoms with van der Waals surface area (Å²) in [6.45, 7) is 3.02. The average molecular weight is 612 g/mol. The Hall–Kier alpha value is -4.12. The molecular formula is C32H38FN3O6S. The van der Waals surface area contributed by atoms with Gasteiger partial charge in [-0.2, -0.15) is 0 Å².